The van der Waals surface area contributed by atoms with Gasteiger partial charge in [0.15, 0.2) is 0 Å². The number of benzene rings is 2. The molecule has 1 aliphatic carbocycles. The highest BCUT2D eigenvalue weighted by Gasteiger charge is 2.72. The van der Waals surface area contributed by atoms with Crippen LogP contribution >= 0.6 is 0 Å². The number of amides is 1. The van der Waals surface area contributed by atoms with Crippen molar-refractivity contribution in [3.63, 3.8) is 0 Å². The summed E-state index contributed by atoms with van der Waals surface area (Å²) in [4.78, 5) is 58.4. The van der Waals surface area contributed by atoms with Crippen molar-refractivity contribution in [2.45, 2.75) is 20.5 Å². The number of ether oxygens (including phenoxy) is 3. The molecule has 0 radical (unpaired) electrons. The molecule has 0 spiro atoms. The van der Waals surface area contributed by atoms with Crippen LogP contribution in [0.5, 0.6) is 5.75 Å². The smallest absolute Gasteiger partial charge is 0.318 e. The van der Waals surface area contributed by atoms with Crippen LogP contribution in [0.3, 0.4) is 0 Å². The molecule has 194 valence electrons. The number of carbonyl (C=O) groups excluding carboxylic acids is 5. The number of anilines is 1. The first-order valence-electron chi connectivity index (χ1n) is 12.1. The van der Waals surface area contributed by atoms with Crippen molar-refractivity contribution in [1.82, 2.24) is 4.90 Å². The van der Waals surface area contributed by atoms with Gasteiger partial charge in [-0.3, -0.25) is 28.9 Å². The molecule has 1 amide bonds. The number of nitrogens with one attached hydrogen (secondary N) is 1. The summed E-state index contributed by atoms with van der Waals surface area (Å²) in [6.45, 7) is 6.75. The van der Waals surface area contributed by atoms with Gasteiger partial charge in [0.05, 0.1) is 30.2 Å². The average Bonchev–Trinajstić information content (AvgIpc) is 3.24. The van der Waals surface area contributed by atoms with E-state index in [-0.39, 0.29) is 5.91 Å². The number of cyclic esters (lactones) is 4. The fourth-order valence-electron chi connectivity index (χ4n) is 4.65. The molecule has 3 fully saturated rings. The zero-order valence-corrected chi connectivity index (χ0v) is 20.5. The van der Waals surface area contributed by atoms with Gasteiger partial charge in [-0.25, -0.2) is 0 Å². The summed E-state index contributed by atoms with van der Waals surface area (Å²) >= 11 is 0. The Hall–Kier alpha value is -4.05. The zero-order chi connectivity index (χ0) is 26.5. The number of fused-ring (bicyclic) bond motifs is 4. The van der Waals surface area contributed by atoms with Crippen LogP contribution in [-0.2, 0) is 40.1 Å². The molecule has 2 heterocycles. The van der Waals surface area contributed by atoms with Crippen molar-refractivity contribution in [3.8, 4) is 5.75 Å². The molecule has 3 aliphatic rings. The Morgan fingerprint density at radius 3 is 1.86 bits per heavy atom. The largest absolute Gasteiger partial charge is 0.489 e. The number of likely N-dealkylation sites (N-methyl/N-ethyl adjacent to an activating group) is 1. The van der Waals surface area contributed by atoms with E-state index in [4.69, 9.17) is 4.74 Å². The van der Waals surface area contributed by atoms with E-state index in [0.29, 0.717) is 13.2 Å². The number of hydrogen-bond acceptors (Lipinski definition) is 9. The zero-order valence-electron chi connectivity index (χ0n) is 20.5. The summed E-state index contributed by atoms with van der Waals surface area (Å²) in [6.07, 6.45) is 0. The van der Waals surface area contributed by atoms with E-state index < -0.39 is 47.5 Å². The molecule has 10 heteroatoms. The lowest BCUT2D eigenvalue weighted by Gasteiger charge is -2.33. The van der Waals surface area contributed by atoms with Gasteiger partial charge >= 0.3 is 23.9 Å². The second-order valence-electron chi connectivity index (χ2n) is 8.90. The summed E-state index contributed by atoms with van der Waals surface area (Å²) in [5.41, 5.74) is 1.87. The number of esters is 4. The molecule has 1 N–H and O–H groups in total. The topological polar surface area (TPSA) is 128 Å². The van der Waals surface area contributed by atoms with Crippen molar-refractivity contribution < 1.29 is 38.2 Å². The van der Waals surface area contributed by atoms with E-state index in [2.05, 4.69) is 33.5 Å². The van der Waals surface area contributed by atoms with E-state index in [1.54, 1.807) is 0 Å². The number of carbonyl (C=O) groups is 5. The van der Waals surface area contributed by atoms with Gasteiger partial charge in [0.1, 0.15) is 12.4 Å². The quantitative estimate of drug-likeness (QED) is 0.421. The Morgan fingerprint density at radius 2 is 1.35 bits per heavy atom. The highest BCUT2D eigenvalue weighted by Crippen LogP contribution is 2.54. The first-order valence-corrected chi connectivity index (χ1v) is 12.1. The molecule has 37 heavy (non-hydrogen) atoms. The predicted octanol–water partition coefficient (Wildman–Crippen LogP) is 2.18. The molecule has 0 bridgehead atoms. The molecule has 2 aliphatic heterocycles. The Morgan fingerprint density at radius 1 is 0.811 bits per heavy atom. The summed E-state index contributed by atoms with van der Waals surface area (Å²) < 4.78 is 14.5. The van der Waals surface area contributed by atoms with Crippen molar-refractivity contribution in [2.75, 3.05) is 25.0 Å². The third-order valence-corrected chi connectivity index (χ3v) is 6.67. The second-order valence-corrected chi connectivity index (χ2v) is 8.90. The van der Waals surface area contributed by atoms with Crippen LogP contribution in [0.1, 0.15) is 19.4 Å². The Kier molecular flexibility index (Phi) is 7.98. The van der Waals surface area contributed by atoms with Gasteiger partial charge in [0, 0.05) is 11.8 Å². The maximum Gasteiger partial charge on any atom is 0.318 e. The van der Waals surface area contributed by atoms with Crippen LogP contribution < -0.4 is 10.1 Å². The van der Waals surface area contributed by atoms with Crippen LogP contribution in [0.2, 0.25) is 0 Å². The molecule has 0 aromatic heterocycles. The maximum atomic E-state index is 12.0. The van der Waals surface area contributed by atoms with Crippen LogP contribution in [0.4, 0.5) is 5.69 Å². The van der Waals surface area contributed by atoms with Crippen molar-refractivity contribution >= 4 is 35.5 Å². The number of nitrogens with zero attached hydrogens (tertiary/aromatic N) is 1. The second kappa shape index (κ2) is 11.3. The summed E-state index contributed by atoms with van der Waals surface area (Å²) in [5.74, 6) is -5.26. The lowest BCUT2D eigenvalue weighted by atomic mass is 9.59. The minimum absolute atomic E-state index is 0.00564. The molecule has 1 saturated carbocycles. The average molecular weight is 509 g/mol. The molecule has 5 rings (SSSR count). The molecule has 10 nitrogen and oxygen atoms in total. The van der Waals surface area contributed by atoms with E-state index >= 15 is 0 Å². The van der Waals surface area contributed by atoms with Crippen LogP contribution in [0.15, 0.2) is 54.6 Å². The first-order chi connectivity index (χ1) is 17.8. The molecule has 0 unspecified atom stereocenters. The SMILES string of the molecule is CCN(CC)CC(=O)Nc1cccc(OCc2ccccc2)c1.O=C1OC(=O)C2C1C1C(=O)OC(=O)C21. The van der Waals surface area contributed by atoms with Gasteiger partial charge in [-0.05, 0) is 30.8 Å². The first kappa shape index (κ1) is 26.0. The highest BCUT2D eigenvalue weighted by molar-refractivity contribution is 6.10. The monoisotopic (exact) mass is 508 g/mol. The van der Waals surface area contributed by atoms with Crippen LogP contribution in [-0.4, -0.2) is 54.3 Å². The standard InChI is InChI=1S/C19H24N2O2.C8H4O6/c1-3-21(4-2)14-19(22)20-17-11-8-12-18(13-17)23-15-16-9-6-5-7-10-16;9-5-1-2(6(10)13-5)4-3(1)7(11)14-8(4)12/h5-13H,3-4,14-15H2,1-2H3,(H,20,22);1-4H. The number of rotatable bonds is 8. The molecule has 2 aromatic carbocycles. The summed E-state index contributed by atoms with van der Waals surface area (Å²) in [5, 5.41) is 2.92. The molecule has 2 aromatic rings. The summed E-state index contributed by atoms with van der Waals surface area (Å²) in [7, 11) is 0. The Labute approximate surface area is 213 Å². The fourth-order valence-corrected chi connectivity index (χ4v) is 4.65. The van der Waals surface area contributed by atoms with Gasteiger partial charge in [0.2, 0.25) is 5.91 Å². The van der Waals surface area contributed by atoms with Crippen LogP contribution in [0.25, 0.3) is 0 Å². The summed E-state index contributed by atoms with van der Waals surface area (Å²) in [6, 6.07) is 17.5. The fraction of sp³-hybridized carbons (Fsp3) is 0.370. The highest BCUT2D eigenvalue weighted by atomic mass is 16.6. The normalized spacial score (nSPS) is 23.2. The van der Waals surface area contributed by atoms with Crippen molar-refractivity contribution in [2.24, 2.45) is 23.7 Å². The lowest BCUT2D eigenvalue weighted by Crippen LogP contribution is -2.50. The number of hydrogen-bond donors (Lipinski definition) is 1. The predicted molar refractivity (Wildman–Crippen MR) is 130 cm³/mol. The Bertz CT molecular complexity index is 1110. The molecular weight excluding hydrogens is 480 g/mol. The Balaban J connectivity index is 0.000000193. The third kappa shape index (κ3) is 5.69. The lowest BCUT2D eigenvalue weighted by molar-refractivity contribution is -0.158. The minimum atomic E-state index is -0.786. The third-order valence-electron chi connectivity index (χ3n) is 6.67. The maximum absolute atomic E-state index is 12.0. The van der Waals surface area contributed by atoms with Gasteiger partial charge in [-0.15, -0.1) is 0 Å². The minimum Gasteiger partial charge on any atom is -0.489 e. The van der Waals surface area contributed by atoms with E-state index in [9.17, 15) is 24.0 Å². The van der Waals surface area contributed by atoms with Crippen molar-refractivity contribution in [3.05, 3.63) is 60.2 Å². The van der Waals surface area contributed by atoms with Crippen molar-refractivity contribution in [1.29, 1.82) is 0 Å². The molecule has 0 atom stereocenters. The van der Waals surface area contributed by atoms with Gasteiger partial charge in [0.25, 0.3) is 0 Å². The van der Waals surface area contributed by atoms with E-state index in [0.717, 1.165) is 30.1 Å². The van der Waals surface area contributed by atoms with E-state index in [1.807, 2.05) is 54.6 Å². The van der Waals surface area contributed by atoms with Gasteiger partial charge in [-0.2, -0.15) is 0 Å². The van der Waals surface area contributed by atoms with Gasteiger partial charge in [-0.1, -0.05) is 50.2 Å². The van der Waals surface area contributed by atoms with Gasteiger partial charge < -0.3 is 19.5 Å². The van der Waals surface area contributed by atoms with Crippen LogP contribution in [0, 0.1) is 23.7 Å². The molecule has 2 saturated heterocycles. The molecular formula is C27H28N2O8. The van der Waals surface area contributed by atoms with E-state index in [1.165, 1.54) is 0 Å².